The minimum atomic E-state index is 0.650. The van der Waals surface area contributed by atoms with Crippen LogP contribution in [0.5, 0.6) is 5.75 Å². The molecular formula is C16H22ClN3O. The smallest absolute Gasteiger partial charge is 0.128 e. The maximum absolute atomic E-state index is 5.98. The molecule has 0 atom stereocenters. The molecule has 2 aromatic rings. The Morgan fingerprint density at radius 2 is 1.90 bits per heavy atom. The van der Waals surface area contributed by atoms with Gasteiger partial charge in [-0.05, 0) is 44.2 Å². The molecule has 1 aromatic carbocycles. The minimum absolute atomic E-state index is 0.650. The van der Waals surface area contributed by atoms with Crippen LogP contribution in [-0.4, -0.2) is 34.7 Å². The Morgan fingerprint density at radius 3 is 2.48 bits per heavy atom. The summed E-state index contributed by atoms with van der Waals surface area (Å²) in [5.41, 5.74) is 2.45. The molecule has 2 rings (SSSR count). The van der Waals surface area contributed by atoms with Crippen LogP contribution < -0.4 is 4.74 Å². The average Bonchev–Trinajstić information content (AvgIpc) is 2.69. The fourth-order valence-electron chi connectivity index (χ4n) is 2.23. The van der Waals surface area contributed by atoms with Gasteiger partial charge in [0.25, 0.3) is 0 Å². The predicted octanol–water partition coefficient (Wildman–Crippen LogP) is 3.20. The highest BCUT2D eigenvalue weighted by atomic mass is 35.5. The van der Waals surface area contributed by atoms with E-state index in [1.54, 1.807) is 6.20 Å². The van der Waals surface area contributed by atoms with Crippen LogP contribution in [0.3, 0.4) is 0 Å². The zero-order chi connectivity index (χ0) is 15.4. The predicted molar refractivity (Wildman–Crippen MR) is 86.0 cm³/mol. The molecule has 0 aliphatic heterocycles. The first kappa shape index (κ1) is 15.9. The normalized spacial score (nSPS) is 11.1. The lowest BCUT2D eigenvalue weighted by atomic mass is 10.1. The van der Waals surface area contributed by atoms with Crippen LogP contribution in [0.15, 0.2) is 24.4 Å². The van der Waals surface area contributed by atoms with Crippen LogP contribution >= 0.6 is 11.6 Å². The van der Waals surface area contributed by atoms with Crippen LogP contribution in [0.2, 0.25) is 5.15 Å². The van der Waals surface area contributed by atoms with Gasteiger partial charge in [-0.3, -0.25) is 4.90 Å². The molecule has 21 heavy (non-hydrogen) atoms. The summed E-state index contributed by atoms with van der Waals surface area (Å²) in [7, 11) is 3.97. The average molecular weight is 308 g/mol. The molecule has 0 bridgehead atoms. The van der Waals surface area contributed by atoms with Crippen molar-refractivity contribution in [2.45, 2.75) is 20.4 Å². The number of imidazole rings is 1. The first-order valence-electron chi connectivity index (χ1n) is 7.01. The van der Waals surface area contributed by atoms with Gasteiger partial charge in [-0.15, -0.1) is 0 Å². The maximum atomic E-state index is 5.98. The summed E-state index contributed by atoms with van der Waals surface area (Å²) in [5, 5.41) is 0.657. The van der Waals surface area contributed by atoms with Gasteiger partial charge in [0, 0.05) is 13.6 Å². The van der Waals surface area contributed by atoms with Crippen LogP contribution in [-0.2, 0) is 13.6 Å². The second-order valence-corrected chi connectivity index (χ2v) is 5.85. The Bertz CT molecular complexity index is 589. The third-order valence-corrected chi connectivity index (χ3v) is 3.73. The van der Waals surface area contributed by atoms with E-state index in [1.165, 1.54) is 11.1 Å². The number of hydrogen-bond donors (Lipinski definition) is 0. The van der Waals surface area contributed by atoms with Gasteiger partial charge in [0.1, 0.15) is 23.3 Å². The summed E-state index contributed by atoms with van der Waals surface area (Å²) in [4.78, 5) is 6.46. The number of aryl methyl sites for hydroxylation is 2. The summed E-state index contributed by atoms with van der Waals surface area (Å²) < 4.78 is 7.71. The molecule has 0 unspecified atom stereocenters. The van der Waals surface area contributed by atoms with E-state index in [9.17, 15) is 0 Å². The van der Waals surface area contributed by atoms with Gasteiger partial charge in [0.05, 0.1) is 12.7 Å². The van der Waals surface area contributed by atoms with Crippen molar-refractivity contribution >= 4 is 11.6 Å². The molecule has 114 valence electrons. The molecule has 0 saturated carbocycles. The van der Waals surface area contributed by atoms with E-state index < -0.39 is 0 Å². The number of nitrogens with zero attached hydrogens (tertiary/aromatic N) is 3. The molecule has 0 radical (unpaired) electrons. The molecule has 1 heterocycles. The quantitative estimate of drug-likeness (QED) is 0.821. The van der Waals surface area contributed by atoms with Crippen molar-refractivity contribution in [3.63, 3.8) is 0 Å². The molecule has 0 N–H and O–H groups in total. The first-order valence-corrected chi connectivity index (χ1v) is 7.39. The monoisotopic (exact) mass is 307 g/mol. The third kappa shape index (κ3) is 4.48. The fourth-order valence-corrected chi connectivity index (χ4v) is 2.37. The lowest BCUT2D eigenvalue weighted by Crippen LogP contribution is -2.25. The molecule has 5 heteroatoms. The molecule has 4 nitrogen and oxygen atoms in total. The number of aromatic nitrogens is 2. The van der Waals surface area contributed by atoms with Gasteiger partial charge in [-0.25, -0.2) is 4.98 Å². The Kier molecular flexibility index (Phi) is 5.26. The van der Waals surface area contributed by atoms with E-state index in [4.69, 9.17) is 16.3 Å². The summed E-state index contributed by atoms with van der Waals surface area (Å²) in [6, 6.07) is 6.26. The molecule has 0 amide bonds. The Hall–Kier alpha value is -1.52. The number of halogens is 1. The Morgan fingerprint density at radius 1 is 1.24 bits per heavy atom. The molecule has 0 saturated heterocycles. The zero-order valence-corrected chi connectivity index (χ0v) is 13.8. The van der Waals surface area contributed by atoms with Crippen molar-refractivity contribution in [1.82, 2.24) is 14.5 Å². The maximum Gasteiger partial charge on any atom is 0.128 e. The van der Waals surface area contributed by atoms with Gasteiger partial charge < -0.3 is 9.30 Å². The second-order valence-electron chi connectivity index (χ2n) is 5.47. The van der Waals surface area contributed by atoms with E-state index in [0.29, 0.717) is 11.8 Å². The Balaban J connectivity index is 1.81. The lowest BCUT2D eigenvalue weighted by Gasteiger charge is -2.17. The number of ether oxygens (including phenoxy) is 1. The molecule has 0 aliphatic carbocycles. The van der Waals surface area contributed by atoms with E-state index in [-0.39, 0.29) is 0 Å². The highest BCUT2D eigenvalue weighted by Gasteiger charge is 2.07. The molecule has 0 aliphatic rings. The molecular weight excluding hydrogens is 286 g/mol. The highest BCUT2D eigenvalue weighted by Crippen LogP contribution is 2.16. The van der Waals surface area contributed by atoms with Crippen molar-refractivity contribution in [3.8, 4) is 5.75 Å². The van der Waals surface area contributed by atoms with Gasteiger partial charge in [0.2, 0.25) is 0 Å². The Labute approximate surface area is 131 Å². The van der Waals surface area contributed by atoms with Crippen LogP contribution in [0.1, 0.15) is 17.0 Å². The van der Waals surface area contributed by atoms with Gasteiger partial charge in [-0.2, -0.15) is 0 Å². The molecule has 1 aromatic heterocycles. The first-order chi connectivity index (χ1) is 9.95. The number of benzene rings is 1. The van der Waals surface area contributed by atoms with Crippen LogP contribution in [0.25, 0.3) is 0 Å². The fraction of sp³-hybridized carbons (Fsp3) is 0.438. The zero-order valence-electron chi connectivity index (χ0n) is 13.1. The summed E-state index contributed by atoms with van der Waals surface area (Å²) >= 11 is 5.98. The summed E-state index contributed by atoms with van der Waals surface area (Å²) in [6.45, 7) is 6.39. The topological polar surface area (TPSA) is 30.3 Å². The van der Waals surface area contributed by atoms with E-state index in [0.717, 1.165) is 24.7 Å². The second kappa shape index (κ2) is 6.96. The van der Waals surface area contributed by atoms with Crippen molar-refractivity contribution in [1.29, 1.82) is 0 Å². The van der Waals surface area contributed by atoms with E-state index in [1.807, 2.05) is 18.7 Å². The lowest BCUT2D eigenvalue weighted by molar-refractivity contribution is 0.228. The molecule has 0 spiro atoms. The standard InChI is InChI=1S/C16H22ClN3O/c1-12-7-13(2)9-14(8-12)21-6-5-19(3)11-16-18-10-15(17)20(16)4/h7-10H,5-6,11H2,1-4H3. The largest absolute Gasteiger partial charge is 0.492 e. The molecule has 0 fully saturated rings. The third-order valence-electron chi connectivity index (χ3n) is 3.38. The van der Waals surface area contributed by atoms with Gasteiger partial charge in [-0.1, -0.05) is 17.7 Å². The van der Waals surface area contributed by atoms with Crippen LogP contribution in [0.4, 0.5) is 0 Å². The number of hydrogen-bond acceptors (Lipinski definition) is 3. The number of likely N-dealkylation sites (N-methyl/N-ethyl adjacent to an activating group) is 1. The van der Waals surface area contributed by atoms with E-state index in [2.05, 4.69) is 41.9 Å². The summed E-state index contributed by atoms with van der Waals surface area (Å²) in [6.07, 6.45) is 1.68. The van der Waals surface area contributed by atoms with Crippen molar-refractivity contribution in [3.05, 3.63) is 46.5 Å². The van der Waals surface area contributed by atoms with Gasteiger partial charge in [0.15, 0.2) is 0 Å². The highest BCUT2D eigenvalue weighted by molar-refractivity contribution is 6.29. The summed E-state index contributed by atoms with van der Waals surface area (Å²) in [5.74, 6) is 1.88. The van der Waals surface area contributed by atoms with Crippen molar-refractivity contribution in [2.75, 3.05) is 20.2 Å². The number of rotatable bonds is 6. The SMILES string of the molecule is Cc1cc(C)cc(OCCN(C)Cc2ncc(Cl)n2C)c1. The van der Waals surface area contributed by atoms with Gasteiger partial charge >= 0.3 is 0 Å². The van der Waals surface area contributed by atoms with E-state index >= 15 is 0 Å². The van der Waals surface area contributed by atoms with Crippen LogP contribution in [0, 0.1) is 13.8 Å². The van der Waals surface area contributed by atoms with Crippen molar-refractivity contribution < 1.29 is 4.74 Å². The minimum Gasteiger partial charge on any atom is -0.492 e. The van der Waals surface area contributed by atoms with Crippen molar-refractivity contribution in [2.24, 2.45) is 7.05 Å².